The van der Waals surface area contributed by atoms with Gasteiger partial charge >= 0.3 is 0 Å². The molecule has 1 saturated heterocycles. The molecule has 2 heterocycles. The number of likely N-dealkylation sites (tertiary alicyclic amines) is 1. The molecular weight excluding hydrogens is 262 g/mol. The van der Waals surface area contributed by atoms with E-state index in [-0.39, 0.29) is 6.61 Å². The molecule has 1 atom stereocenters. The minimum Gasteiger partial charge on any atom is -0.392 e. The Bertz CT molecular complexity index is 628. The maximum atomic E-state index is 9.61. The number of benzene rings is 1. The van der Waals surface area contributed by atoms with Gasteiger partial charge in [-0.3, -0.25) is 0 Å². The lowest BCUT2D eigenvalue weighted by atomic mass is 10.1. The summed E-state index contributed by atoms with van der Waals surface area (Å²) in [5.41, 5.74) is 1.90. The van der Waals surface area contributed by atoms with Crippen LogP contribution in [-0.2, 0) is 6.61 Å². The molecule has 1 N–H and O–H groups in total. The Morgan fingerprint density at radius 1 is 1.38 bits per heavy atom. The fourth-order valence-electron chi connectivity index (χ4n) is 3.21. The van der Waals surface area contributed by atoms with Crippen molar-refractivity contribution in [2.45, 2.75) is 13.0 Å². The Hall–Kier alpha value is -1.65. The van der Waals surface area contributed by atoms with E-state index in [1.165, 1.54) is 13.0 Å². The molecule has 1 aliphatic rings. The number of nitrogens with zero attached hydrogens (tertiary/aromatic N) is 3. The Labute approximate surface area is 126 Å². The van der Waals surface area contributed by atoms with Gasteiger partial charge in [0.1, 0.15) is 5.82 Å². The molecule has 4 nitrogen and oxygen atoms in total. The quantitative estimate of drug-likeness (QED) is 0.934. The van der Waals surface area contributed by atoms with Crippen molar-refractivity contribution in [2.75, 3.05) is 38.6 Å². The van der Waals surface area contributed by atoms with Crippen molar-refractivity contribution in [1.82, 2.24) is 9.88 Å². The molecule has 0 radical (unpaired) electrons. The topological polar surface area (TPSA) is 39.6 Å². The summed E-state index contributed by atoms with van der Waals surface area (Å²) in [6, 6.07) is 10.0. The van der Waals surface area contributed by atoms with Gasteiger partial charge in [-0.15, -0.1) is 0 Å². The van der Waals surface area contributed by atoms with E-state index in [1.807, 2.05) is 30.3 Å². The van der Waals surface area contributed by atoms with Crippen molar-refractivity contribution in [2.24, 2.45) is 5.92 Å². The molecule has 0 aliphatic carbocycles. The van der Waals surface area contributed by atoms with E-state index < -0.39 is 0 Å². The van der Waals surface area contributed by atoms with Crippen LogP contribution in [0.3, 0.4) is 0 Å². The number of aliphatic hydroxyl groups excluding tert-OH is 1. The van der Waals surface area contributed by atoms with Gasteiger partial charge < -0.3 is 14.9 Å². The molecule has 0 amide bonds. The predicted octanol–water partition coefficient (Wildman–Crippen LogP) is 2.11. The fourth-order valence-corrected chi connectivity index (χ4v) is 3.21. The molecule has 1 aromatic heterocycles. The van der Waals surface area contributed by atoms with Crippen LogP contribution in [0.2, 0.25) is 0 Å². The Kier molecular flexibility index (Phi) is 4.08. The lowest BCUT2D eigenvalue weighted by Gasteiger charge is -2.23. The fraction of sp³-hybridized carbons (Fsp3) is 0.471. The minimum absolute atomic E-state index is 0.0516. The van der Waals surface area contributed by atoms with Gasteiger partial charge in [0.25, 0.3) is 0 Å². The highest BCUT2D eigenvalue weighted by molar-refractivity contribution is 5.84. The highest BCUT2D eigenvalue weighted by Crippen LogP contribution is 2.24. The molecule has 112 valence electrons. The Balaban J connectivity index is 1.85. The number of para-hydroxylation sites is 1. The van der Waals surface area contributed by atoms with Gasteiger partial charge in [-0.25, -0.2) is 4.98 Å². The highest BCUT2D eigenvalue weighted by atomic mass is 16.3. The summed E-state index contributed by atoms with van der Waals surface area (Å²) < 4.78 is 0. The molecule has 1 fully saturated rings. The highest BCUT2D eigenvalue weighted by Gasteiger charge is 2.21. The SMILES string of the molecule is CN1CCC(CN(C)c2cc(CO)c3ccccc3n2)C1. The van der Waals surface area contributed by atoms with E-state index in [4.69, 9.17) is 4.98 Å². The molecule has 2 aromatic rings. The Morgan fingerprint density at radius 3 is 2.90 bits per heavy atom. The molecule has 4 heteroatoms. The first-order chi connectivity index (χ1) is 10.2. The van der Waals surface area contributed by atoms with E-state index in [0.29, 0.717) is 5.92 Å². The van der Waals surface area contributed by atoms with E-state index in [0.717, 1.165) is 35.4 Å². The minimum atomic E-state index is 0.0516. The number of hydrogen-bond donors (Lipinski definition) is 1. The lowest BCUT2D eigenvalue weighted by Crippen LogP contribution is -2.28. The second-order valence-electron chi connectivity index (χ2n) is 6.11. The number of pyridine rings is 1. The molecule has 0 saturated carbocycles. The van der Waals surface area contributed by atoms with Crippen molar-refractivity contribution >= 4 is 16.7 Å². The van der Waals surface area contributed by atoms with Crippen LogP contribution in [0.25, 0.3) is 10.9 Å². The van der Waals surface area contributed by atoms with E-state index in [1.54, 1.807) is 0 Å². The maximum absolute atomic E-state index is 9.61. The third-order valence-corrected chi connectivity index (χ3v) is 4.37. The van der Waals surface area contributed by atoms with Crippen molar-refractivity contribution in [3.63, 3.8) is 0 Å². The van der Waals surface area contributed by atoms with Gasteiger partial charge in [-0.05, 0) is 43.6 Å². The summed E-state index contributed by atoms with van der Waals surface area (Å²) >= 11 is 0. The summed E-state index contributed by atoms with van der Waals surface area (Å²) in [7, 11) is 4.27. The predicted molar refractivity (Wildman–Crippen MR) is 86.5 cm³/mol. The number of aliphatic hydroxyl groups is 1. The average molecular weight is 285 g/mol. The molecular formula is C17H23N3O. The molecule has 21 heavy (non-hydrogen) atoms. The third kappa shape index (κ3) is 3.01. The number of rotatable bonds is 4. The van der Waals surface area contributed by atoms with Crippen LogP contribution in [0.15, 0.2) is 30.3 Å². The smallest absolute Gasteiger partial charge is 0.129 e. The maximum Gasteiger partial charge on any atom is 0.129 e. The number of anilines is 1. The third-order valence-electron chi connectivity index (χ3n) is 4.37. The van der Waals surface area contributed by atoms with Crippen LogP contribution in [0, 0.1) is 5.92 Å². The lowest BCUT2D eigenvalue weighted by molar-refractivity contribution is 0.283. The van der Waals surface area contributed by atoms with Gasteiger partial charge in [-0.2, -0.15) is 0 Å². The van der Waals surface area contributed by atoms with Gasteiger partial charge in [0, 0.05) is 25.5 Å². The first-order valence-electron chi connectivity index (χ1n) is 7.56. The van der Waals surface area contributed by atoms with E-state index in [9.17, 15) is 5.11 Å². The summed E-state index contributed by atoms with van der Waals surface area (Å²) in [6.07, 6.45) is 1.25. The summed E-state index contributed by atoms with van der Waals surface area (Å²) in [5, 5.41) is 10.6. The largest absolute Gasteiger partial charge is 0.392 e. The normalized spacial score (nSPS) is 19.3. The average Bonchev–Trinajstić information content (AvgIpc) is 2.91. The molecule has 3 rings (SSSR count). The van der Waals surface area contributed by atoms with Gasteiger partial charge in [0.15, 0.2) is 0 Å². The Morgan fingerprint density at radius 2 is 2.19 bits per heavy atom. The van der Waals surface area contributed by atoms with E-state index >= 15 is 0 Å². The van der Waals surface area contributed by atoms with Crippen molar-refractivity contribution in [3.8, 4) is 0 Å². The van der Waals surface area contributed by atoms with Gasteiger partial charge in [0.05, 0.1) is 12.1 Å². The zero-order chi connectivity index (χ0) is 14.8. The number of hydrogen-bond acceptors (Lipinski definition) is 4. The first-order valence-corrected chi connectivity index (χ1v) is 7.56. The van der Waals surface area contributed by atoms with Crippen LogP contribution in [0.5, 0.6) is 0 Å². The molecule has 1 aromatic carbocycles. The zero-order valence-corrected chi connectivity index (χ0v) is 12.8. The van der Waals surface area contributed by atoms with Crippen molar-refractivity contribution < 1.29 is 5.11 Å². The summed E-state index contributed by atoms with van der Waals surface area (Å²) in [5.74, 6) is 1.65. The summed E-state index contributed by atoms with van der Waals surface area (Å²) in [6.45, 7) is 3.41. The monoisotopic (exact) mass is 285 g/mol. The van der Waals surface area contributed by atoms with Crippen LogP contribution < -0.4 is 4.90 Å². The number of aromatic nitrogens is 1. The van der Waals surface area contributed by atoms with Crippen LogP contribution in [0.4, 0.5) is 5.82 Å². The molecule has 1 aliphatic heterocycles. The summed E-state index contributed by atoms with van der Waals surface area (Å²) in [4.78, 5) is 9.34. The van der Waals surface area contributed by atoms with Gasteiger partial charge in [0.2, 0.25) is 0 Å². The van der Waals surface area contributed by atoms with Crippen molar-refractivity contribution in [3.05, 3.63) is 35.9 Å². The zero-order valence-electron chi connectivity index (χ0n) is 12.8. The van der Waals surface area contributed by atoms with E-state index in [2.05, 4.69) is 23.9 Å². The molecule has 1 unspecified atom stereocenters. The standard InChI is InChI=1S/C17H23N3O/c1-19-8-7-13(10-19)11-20(2)17-9-14(12-21)15-5-3-4-6-16(15)18-17/h3-6,9,13,21H,7-8,10-12H2,1-2H3. The van der Waals surface area contributed by atoms with Crippen molar-refractivity contribution in [1.29, 1.82) is 0 Å². The van der Waals surface area contributed by atoms with Crippen LogP contribution >= 0.6 is 0 Å². The molecule has 0 spiro atoms. The second-order valence-corrected chi connectivity index (χ2v) is 6.11. The number of fused-ring (bicyclic) bond motifs is 1. The van der Waals surface area contributed by atoms with Gasteiger partial charge in [-0.1, -0.05) is 18.2 Å². The van der Waals surface area contributed by atoms with Crippen LogP contribution in [-0.4, -0.2) is 48.7 Å². The first kappa shape index (κ1) is 14.3. The van der Waals surface area contributed by atoms with Crippen LogP contribution in [0.1, 0.15) is 12.0 Å². The molecule has 0 bridgehead atoms. The second kappa shape index (κ2) is 6.00.